The minimum Gasteiger partial charge on any atom is -0.465 e. The van der Waals surface area contributed by atoms with Gasteiger partial charge in [0.25, 0.3) is 0 Å². The summed E-state index contributed by atoms with van der Waals surface area (Å²) in [6, 6.07) is 6.25. The number of carbonyl (C=O) groups excluding carboxylic acids is 1. The van der Waals surface area contributed by atoms with Crippen LogP contribution < -0.4 is 5.73 Å². The van der Waals surface area contributed by atoms with Crippen molar-refractivity contribution in [3.8, 4) is 0 Å². The summed E-state index contributed by atoms with van der Waals surface area (Å²) in [5.41, 5.74) is 9.09. The molecular formula is C17H27NO2. The van der Waals surface area contributed by atoms with Crippen molar-refractivity contribution in [2.75, 3.05) is 6.61 Å². The lowest BCUT2D eigenvalue weighted by Crippen LogP contribution is -2.12. The number of rotatable bonds is 8. The molecule has 0 heterocycles. The van der Waals surface area contributed by atoms with Crippen LogP contribution in [0.5, 0.6) is 0 Å². The van der Waals surface area contributed by atoms with Crippen LogP contribution in [0.4, 0.5) is 0 Å². The van der Waals surface area contributed by atoms with Gasteiger partial charge >= 0.3 is 5.97 Å². The lowest BCUT2D eigenvalue weighted by molar-refractivity contribution is -0.143. The first-order chi connectivity index (χ1) is 9.55. The maximum absolute atomic E-state index is 11.8. The second kappa shape index (κ2) is 8.75. The van der Waals surface area contributed by atoms with E-state index in [1.54, 1.807) is 0 Å². The van der Waals surface area contributed by atoms with E-state index >= 15 is 0 Å². The Hall–Kier alpha value is -1.35. The Balaban J connectivity index is 2.70. The van der Waals surface area contributed by atoms with E-state index < -0.39 is 0 Å². The maximum atomic E-state index is 11.8. The largest absolute Gasteiger partial charge is 0.465 e. The quantitative estimate of drug-likeness (QED) is 0.742. The highest BCUT2D eigenvalue weighted by Crippen LogP contribution is 2.14. The van der Waals surface area contributed by atoms with Crippen molar-refractivity contribution in [2.24, 2.45) is 11.7 Å². The molecule has 0 atom stereocenters. The van der Waals surface area contributed by atoms with Crippen molar-refractivity contribution >= 4 is 5.97 Å². The number of hydrogen-bond acceptors (Lipinski definition) is 3. The molecule has 2 N–H and O–H groups in total. The second-order valence-corrected chi connectivity index (χ2v) is 5.72. The van der Waals surface area contributed by atoms with E-state index in [1.807, 2.05) is 19.9 Å². The third-order valence-electron chi connectivity index (χ3n) is 3.09. The van der Waals surface area contributed by atoms with E-state index in [4.69, 9.17) is 10.5 Å². The Morgan fingerprint density at radius 2 is 1.85 bits per heavy atom. The van der Waals surface area contributed by atoms with Crippen LogP contribution in [-0.2, 0) is 28.9 Å². The molecule has 3 heteroatoms. The van der Waals surface area contributed by atoms with Gasteiger partial charge in [0.15, 0.2) is 0 Å². The molecule has 0 amide bonds. The van der Waals surface area contributed by atoms with E-state index in [1.165, 1.54) is 12.0 Å². The molecule has 20 heavy (non-hydrogen) atoms. The second-order valence-electron chi connectivity index (χ2n) is 5.72. The highest BCUT2D eigenvalue weighted by molar-refractivity contribution is 5.72. The molecule has 0 aromatic heterocycles. The van der Waals surface area contributed by atoms with Gasteiger partial charge in [0.05, 0.1) is 13.0 Å². The smallest absolute Gasteiger partial charge is 0.310 e. The van der Waals surface area contributed by atoms with Crippen molar-refractivity contribution in [2.45, 2.75) is 53.0 Å². The summed E-state index contributed by atoms with van der Waals surface area (Å²) in [6.45, 7) is 7.24. The molecule has 1 aromatic rings. The number of benzene rings is 1. The van der Waals surface area contributed by atoms with E-state index in [2.05, 4.69) is 19.1 Å². The van der Waals surface area contributed by atoms with Crippen LogP contribution in [0.15, 0.2) is 18.2 Å². The van der Waals surface area contributed by atoms with Crippen LogP contribution in [0.25, 0.3) is 0 Å². The van der Waals surface area contributed by atoms with E-state index in [9.17, 15) is 4.79 Å². The topological polar surface area (TPSA) is 52.3 Å². The summed E-state index contributed by atoms with van der Waals surface area (Å²) in [6.07, 6.45) is 3.70. The van der Waals surface area contributed by atoms with Crippen LogP contribution in [0, 0.1) is 5.92 Å². The van der Waals surface area contributed by atoms with Crippen LogP contribution in [0.1, 0.15) is 50.3 Å². The lowest BCUT2D eigenvalue weighted by Gasteiger charge is -2.10. The Labute approximate surface area is 122 Å². The fourth-order valence-electron chi connectivity index (χ4n) is 2.06. The van der Waals surface area contributed by atoms with Crippen LogP contribution in [0.3, 0.4) is 0 Å². The third kappa shape index (κ3) is 6.20. The summed E-state index contributed by atoms with van der Waals surface area (Å²) in [5, 5.41) is 0. The van der Waals surface area contributed by atoms with Gasteiger partial charge in [-0.25, -0.2) is 0 Å². The van der Waals surface area contributed by atoms with Crippen LogP contribution >= 0.6 is 0 Å². The SMILES string of the molecule is CCCCc1cc(CN)cc(CC(=O)OCC(C)C)c1. The summed E-state index contributed by atoms with van der Waals surface area (Å²) in [5.74, 6) is 0.212. The Bertz CT molecular complexity index is 427. The van der Waals surface area contributed by atoms with Crippen molar-refractivity contribution in [3.63, 3.8) is 0 Å². The molecule has 1 aromatic carbocycles. The molecule has 0 saturated heterocycles. The van der Waals surface area contributed by atoms with E-state index in [0.29, 0.717) is 25.5 Å². The van der Waals surface area contributed by atoms with E-state index in [0.717, 1.165) is 24.0 Å². The van der Waals surface area contributed by atoms with Gasteiger partial charge in [-0.3, -0.25) is 4.79 Å². The first-order valence-electron chi connectivity index (χ1n) is 7.52. The average Bonchev–Trinajstić information content (AvgIpc) is 2.42. The summed E-state index contributed by atoms with van der Waals surface area (Å²) < 4.78 is 5.23. The summed E-state index contributed by atoms with van der Waals surface area (Å²) in [7, 11) is 0. The number of carbonyl (C=O) groups is 1. The molecule has 0 aliphatic heterocycles. The minimum atomic E-state index is -0.158. The highest BCUT2D eigenvalue weighted by Gasteiger charge is 2.08. The number of unbranched alkanes of at least 4 members (excludes halogenated alkanes) is 1. The minimum absolute atomic E-state index is 0.158. The molecule has 1 rings (SSSR count). The van der Waals surface area contributed by atoms with Gasteiger partial charge in [0, 0.05) is 6.54 Å². The zero-order chi connectivity index (χ0) is 15.0. The zero-order valence-corrected chi connectivity index (χ0v) is 12.9. The van der Waals surface area contributed by atoms with Crippen molar-refractivity contribution in [1.82, 2.24) is 0 Å². The Morgan fingerprint density at radius 1 is 1.20 bits per heavy atom. The first-order valence-corrected chi connectivity index (χ1v) is 7.52. The molecule has 0 unspecified atom stereocenters. The zero-order valence-electron chi connectivity index (χ0n) is 12.9. The summed E-state index contributed by atoms with van der Waals surface area (Å²) in [4.78, 5) is 11.8. The van der Waals surface area contributed by atoms with Gasteiger partial charge in [-0.2, -0.15) is 0 Å². The molecular weight excluding hydrogens is 250 g/mol. The maximum Gasteiger partial charge on any atom is 0.310 e. The highest BCUT2D eigenvalue weighted by atomic mass is 16.5. The van der Waals surface area contributed by atoms with Crippen molar-refractivity contribution in [3.05, 3.63) is 34.9 Å². The normalized spacial score (nSPS) is 10.8. The van der Waals surface area contributed by atoms with Gasteiger partial charge in [-0.05, 0) is 35.4 Å². The molecule has 0 aliphatic rings. The van der Waals surface area contributed by atoms with Gasteiger partial charge in [-0.15, -0.1) is 0 Å². The summed E-state index contributed by atoms with van der Waals surface area (Å²) >= 11 is 0. The molecule has 0 fully saturated rings. The monoisotopic (exact) mass is 277 g/mol. The predicted molar refractivity (Wildman–Crippen MR) is 82.4 cm³/mol. The predicted octanol–water partition coefficient (Wildman–Crippen LogP) is 3.23. The van der Waals surface area contributed by atoms with Gasteiger partial charge in [0.1, 0.15) is 0 Å². The molecule has 0 aliphatic carbocycles. The first kappa shape index (κ1) is 16.7. The number of nitrogens with two attached hydrogens (primary N) is 1. The Kier molecular flexibility index (Phi) is 7.31. The third-order valence-corrected chi connectivity index (χ3v) is 3.09. The molecule has 0 radical (unpaired) electrons. The fourth-order valence-corrected chi connectivity index (χ4v) is 2.06. The number of aryl methyl sites for hydroxylation is 1. The fraction of sp³-hybridized carbons (Fsp3) is 0.588. The molecule has 3 nitrogen and oxygen atoms in total. The van der Waals surface area contributed by atoms with Gasteiger partial charge in [0.2, 0.25) is 0 Å². The van der Waals surface area contributed by atoms with Crippen molar-refractivity contribution < 1.29 is 9.53 Å². The van der Waals surface area contributed by atoms with E-state index in [-0.39, 0.29) is 5.97 Å². The number of hydrogen-bond donors (Lipinski definition) is 1. The molecule has 0 spiro atoms. The van der Waals surface area contributed by atoms with Crippen LogP contribution in [-0.4, -0.2) is 12.6 Å². The Morgan fingerprint density at radius 3 is 2.45 bits per heavy atom. The van der Waals surface area contributed by atoms with Gasteiger partial charge in [-0.1, -0.05) is 45.4 Å². The molecule has 0 saturated carbocycles. The van der Waals surface area contributed by atoms with Crippen molar-refractivity contribution in [1.29, 1.82) is 0 Å². The molecule has 112 valence electrons. The number of esters is 1. The van der Waals surface area contributed by atoms with Gasteiger partial charge < -0.3 is 10.5 Å². The van der Waals surface area contributed by atoms with Crippen LogP contribution in [0.2, 0.25) is 0 Å². The number of ether oxygens (including phenoxy) is 1. The standard InChI is InChI=1S/C17H27NO2/c1-4-5-6-14-7-15(9-16(8-14)11-18)10-17(19)20-12-13(2)3/h7-9,13H,4-6,10-12,18H2,1-3H3. The lowest BCUT2D eigenvalue weighted by atomic mass is 10.00. The molecule has 0 bridgehead atoms. The average molecular weight is 277 g/mol.